The van der Waals surface area contributed by atoms with E-state index in [0.29, 0.717) is 19.3 Å². The standard InChI is InChI=1S/C31H37Cl2F3N4O4/c1-3-44-29(43)30(2)11-9-20(10-12-30)40-27(31(34,35)36)21(14-38-40)28(42)39-17-19(18-7-5-4-6-8-18)13-24(39)26(41)25-22(32)15-37-16-23(25)33/h14-16,18-20,24H,3-13,17H2,1-2H3/t19-,20?,24-,30?/m1/s1. The number of alkyl halides is 3. The number of pyridine rings is 1. The van der Waals surface area contributed by atoms with Crippen LogP contribution in [0.25, 0.3) is 0 Å². The first-order chi connectivity index (χ1) is 20.9. The zero-order valence-corrected chi connectivity index (χ0v) is 26.4. The minimum Gasteiger partial charge on any atom is -0.466 e. The minimum absolute atomic E-state index is 0.00835. The maximum Gasteiger partial charge on any atom is 0.433 e. The molecule has 13 heteroatoms. The van der Waals surface area contributed by atoms with E-state index in [0.717, 1.165) is 43.0 Å². The third-order valence-corrected chi connectivity index (χ3v) is 10.4. The molecule has 0 unspecified atom stereocenters. The van der Waals surface area contributed by atoms with Crippen molar-refractivity contribution in [2.24, 2.45) is 17.3 Å². The molecule has 0 bridgehead atoms. The van der Waals surface area contributed by atoms with Gasteiger partial charge in [-0.1, -0.05) is 55.3 Å². The van der Waals surface area contributed by atoms with Crippen molar-refractivity contribution in [3.8, 4) is 0 Å². The van der Waals surface area contributed by atoms with Crippen molar-refractivity contribution in [1.29, 1.82) is 0 Å². The Bertz CT molecular complexity index is 1380. The molecule has 3 heterocycles. The first kappa shape index (κ1) is 32.7. The van der Waals surface area contributed by atoms with E-state index in [-0.39, 0.29) is 59.4 Å². The van der Waals surface area contributed by atoms with Crippen LogP contribution in [0.2, 0.25) is 10.0 Å². The normalized spacial score (nSPS) is 26.5. The van der Waals surface area contributed by atoms with Crippen molar-refractivity contribution < 1.29 is 32.3 Å². The van der Waals surface area contributed by atoms with E-state index in [1.807, 2.05) is 0 Å². The van der Waals surface area contributed by atoms with Crippen LogP contribution in [-0.2, 0) is 15.7 Å². The molecule has 240 valence electrons. The van der Waals surface area contributed by atoms with E-state index in [9.17, 15) is 27.6 Å². The lowest BCUT2D eigenvalue weighted by Gasteiger charge is -2.36. The minimum atomic E-state index is -4.89. The molecule has 0 aromatic carbocycles. The van der Waals surface area contributed by atoms with E-state index < -0.39 is 46.6 Å². The summed E-state index contributed by atoms with van der Waals surface area (Å²) in [6.07, 6.45) is 5.23. The molecule has 0 radical (unpaired) electrons. The summed E-state index contributed by atoms with van der Waals surface area (Å²) in [6.45, 7) is 3.85. The molecule has 8 nitrogen and oxygen atoms in total. The summed E-state index contributed by atoms with van der Waals surface area (Å²) < 4.78 is 50.2. The molecule has 0 spiro atoms. The number of hydrogen-bond donors (Lipinski definition) is 0. The smallest absolute Gasteiger partial charge is 0.433 e. The molecule has 1 saturated heterocycles. The van der Waals surface area contributed by atoms with Gasteiger partial charge in [-0.3, -0.25) is 24.0 Å². The quantitative estimate of drug-likeness (QED) is 0.225. The molecule has 2 aliphatic carbocycles. The van der Waals surface area contributed by atoms with Crippen molar-refractivity contribution in [3.05, 3.63) is 45.5 Å². The van der Waals surface area contributed by atoms with Crippen LogP contribution in [0.5, 0.6) is 0 Å². The first-order valence-electron chi connectivity index (χ1n) is 15.3. The lowest BCUT2D eigenvalue weighted by atomic mass is 9.74. The van der Waals surface area contributed by atoms with Gasteiger partial charge in [0.2, 0.25) is 0 Å². The molecule has 2 aromatic heterocycles. The Hall–Kier alpha value is -2.66. The van der Waals surface area contributed by atoms with Crippen LogP contribution in [0.1, 0.15) is 111 Å². The highest BCUT2D eigenvalue weighted by Crippen LogP contribution is 2.45. The lowest BCUT2D eigenvalue weighted by molar-refractivity contribution is -0.157. The van der Waals surface area contributed by atoms with Gasteiger partial charge in [-0.15, -0.1) is 0 Å². The Balaban J connectivity index is 1.46. The highest BCUT2D eigenvalue weighted by atomic mass is 35.5. The number of rotatable bonds is 7. The second-order valence-corrected chi connectivity index (χ2v) is 13.4. The van der Waals surface area contributed by atoms with Crippen LogP contribution in [0.4, 0.5) is 13.2 Å². The number of hydrogen-bond acceptors (Lipinski definition) is 6. The number of carbonyl (C=O) groups excluding carboxylic acids is 3. The van der Waals surface area contributed by atoms with E-state index >= 15 is 0 Å². The van der Waals surface area contributed by atoms with Crippen LogP contribution in [0.15, 0.2) is 18.6 Å². The van der Waals surface area contributed by atoms with Gasteiger partial charge in [0.15, 0.2) is 11.5 Å². The summed E-state index contributed by atoms with van der Waals surface area (Å²) in [7, 11) is 0. The van der Waals surface area contributed by atoms with Crippen molar-refractivity contribution in [1.82, 2.24) is 19.7 Å². The third kappa shape index (κ3) is 6.36. The fourth-order valence-electron chi connectivity index (χ4n) is 7.33. The summed E-state index contributed by atoms with van der Waals surface area (Å²) in [5.41, 5.74) is -2.51. The zero-order chi connectivity index (χ0) is 31.8. The number of ether oxygens (including phenoxy) is 1. The summed E-state index contributed by atoms with van der Waals surface area (Å²) in [6, 6.07) is -1.69. The number of Topliss-reactive ketones (excluding diaryl/α,β-unsaturated/α-hetero) is 1. The summed E-state index contributed by atoms with van der Waals surface area (Å²) in [5, 5.41) is 4.13. The Morgan fingerprint density at radius 2 is 1.64 bits per heavy atom. The Kier molecular flexibility index (Phi) is 9.66. The molecule has 5 rings (SSSR count). The molecule has 2 atom stereocenters. The van der Waals surface area contributed by atoms with Gasteiger partial charge in [-0.2, -0.15) is 18.3 Å². The predicted molar refractivity (Wildman–Crippen MR) is 158 cm³/mol. The average Bonchev–Trinajstić information content (AvgIpc) is 3.64. The van der Waals surface area contributed by atoms with Gasteiger partial charge in [-0.25, -0.2) is 0 Å². The SMILES string of the molecule is CCOC(=O)C1(C)CCC(n2ncc(C(=O)N3C[C@H](C4CCCCC4)C[C@@H]3C(=O)c3c(Cl)cncc3Cl)c2C(F)(F)F)CC1. The molecule has 0 N–H and O–H groups in total. The molecular weight excluding hydrogens is 620 g/mol. The molecule has 1 amide bonds. The molecule has 44 heavy (non-hydrogen) atoms. The number of nitrogens with zero attached hydrogens (tertiary/aromatic N) is 4. The van der Waals surface area contributed by atoms with Gasteiger partial charge in [0.25, 0.3) is 5.91 Å². The van der Waals surface area contributed by atoms with Gasteiger partial charge in [0, 0.05) is 18.9 Å². The topological polar surface area (TPSA) is 94.4 Å². The fraction of sp³-hybridized carbons (Fsp3) is 0.645. The van der Waals surface area contributed by atoms with Crippen LogP contribution in [-0.4, -0.2) is 56.5 Å². The van der Waals surface area contributed by atoms with Gasteiger partial charge < -0.3 is 9.64 Å². The number of ketones is 1. The molecule has 2 aromatic rings. The van der Waals surface area contributed by atoms with Crippen molar-refractivity contribution in [2.45, 2.75) is 96.3 Å². The number of esters is 1. The van der Waals surface area contributed by atoms with Crippen molar-refractivity contribution in [3.63, 3.8) is 0 Å². The highest BCUT2D eigenvalue weighted by Gasteiger charge is 2.49. The Labute approximate surface area is 264 Å². The third-order valence-electron chi connectivity index (χ3n) is 9.78. The Morgan fingerprint density at radius 3 is 2.23 bits per heavy atom. The summed E-state index contributed by atoms with van der Waals surface area (Å²) in [5.74, 6) is -1.55. The van der Waals surface area contributed by atoms with E-state index in [1.165, 1.54) is 17.3 Å². The Morgan fingerprint density at radius 1 is 1.00 bits per heavy atom. The molecule has 3 aliphatic rings. The highest BCUT2D eigenvalue weighted by molar-refractivity contribution is 6.40. The largest absolute Gasteiger partial charge is 0.466 e. The number of amides is 1. The fourth-order valence-corrected chi connectivity index (χ4v) is 7.88. The van der Waals surface area contributed by atoms with Gasteiger partial charge >= 0.3 is 12.1 Å². The van der Waals surface area contributed by atoms with E-state index in [2.05, 4.69) is 10.1 Å². The second kappa shape index (κ2) is 13.0. The van der Waals surface area contributed by atoms with E-state index in [4.69, 9.17) is 27.9 Å². The molecule has 1 aliphatic heterocycles. The maximum absolute atomic E-state index is 14.7. The van der Waals surface area contributed by atoms with Crippen molar-refractivity contribution in [2.75, 3.05) is 13.2 Å². The van der Waals surface area contributed by atoms with Gasteiger partial charge in [0.1, 0.15) is 0 Å². The molecule has 3 fully saturated rings. The molecule has 2 saturated carbocycles. The average molecular weight is 658 g/mol. The zero-order valence-electron chi connectivity index (χ0n) is 24.8. The number of halogens is 5. The number of aromatic nitrogens is 3. The molecular formula is C31H37Cl2F3N4O4. The van der Waals surface area contributed by atoms with Crippen LogP contribution >= 0.6 is 23.2 Å². The van der Waals surface area contributed by atoms with Gasteiger partial charge in [-0.05, 0) is 57.8 Å². The van der Waals surface area contributed by atoms with Crippen LogP contribution in [0.3, 0.4) is 0 Å². The lowest BCUT2D eigenvalue weighted by Crippen LogP contribution is -2.41. The monoisotopic (exact) mass is 656 g/mol. The van der Waals surface area contributed by atoms with Gasteiger partial charge in [0.05, 0.1) is 51.5 Å². The first-order valence-corrected chi connectivity index (χ1v) is 16.1. The predicted octanol–water partition coefficient (Wildman–Crippen LogP) is 7.58. The van der Waals surface area contributed by atoms with E-state index in [1.54, 1.807) is 13.8 Å². The number of carbonyl (C=O) groups is 3. The van der Waals surface area contributed by atoms with Crippen molar-refractivity contribution >= 4 is 40.9 Å². The maximum atomic E-state index is 14.7. The number of likely N-dealkylation sites (tertiary alicyclic amines) is 1. The summed E-state index contributed by atoms with van der Waals surface area (Å²) in [4.78, 5) is 45.6. The van der Waals surface area contributed by atoms with Crippen LogP contribution < -0.4 is 0 Å². The van der Waals surface area contributed by atoms with Crippen LogP contribution in [0, 0.1) is 17.3 Å². The second-order valence-electron chi connectivity index (χ2n) is 12.6. The summed E-state index contributed by atoms with van der Waals surface area (Å²) >= 11 is 12.6.